The van der Waals surface area contributed by atoms with Crippen LogP contribution in [0, 0.1) is 5.92 Å². The van der Waals surface area contributed by atoms with Crippen molar-refractivity contribution in [2.24, 2.45) is 5.92 Å². The van der Waals surface area contributed by atoms with Crippen LogP contribution in [-0.4, -0.2) is 157 Å². The number of aliphatic carboxylic acids is 3. The summed E-state index contributed by atoms with van der Waals surface area (Å²) in [5.74, 6) is -6.24. The minimum absolute atomic E-state index is 0.0802. The number of carboxylic acids is 3. The largest absolute Gasteiger partial charge is 0.481 e. The molecule has 13 heteroatoms. The molecule has 0 saturated heterocycles. The highest BCUT2D eigenvalue weighted by Crippen LogP contribution is 2.05. The highest BCUT2D eigenvalue weighted by molar-refractivity contribution is 5.93. The molecular weight excluding hydrogens is 438 g/mol. The predicted molar refractivity (Wildman–Crippen MR) is 119 cm³/mol. The lowest BCUT2D eigenvalue weighted by atomic mass is 10.1. The molecule has 0 fully saturated rings. The van der Waals surface area contributed by atoms with Crippen LogP contribution in [0.1, 0.15) is 6.92 Å². The Morgan fingerprint density at radius 2 is 1.03 bits per heavy atom. The van der Waals surface area contributed by atoms with Crippen LogP contribution < -0.4 is 0 Å². The van der Waals surface area contributed by atoms with E-state index in [0.29, 0.717) is 19.6 Å². The summed E-state index contributed by atoms with van der Waals surface area (Å²) < 4.78 is 0. The molecule has 0 aromatic rings. The smallest absolute Gasteiger partial charge is 0.319 e. The lowest BCUT2D eigenvalue weighted by molar-refractivity contribution is -0.156. The number of rotatable bonds is 17. The number of likely N-dealkylation sites (N-methyl/N-ethyl adjacent to an activating group) is 3. The average molecular weight is 476 g/mol. The Balaban J connectivity index is 5.28. The molecule has 0 bridgehead atoms. The molecule has 0 atom stereocenters. The molecule has 0 heterocycles. The number of amides is 2. The van der Waals surface area contributed by atoms with Gasteiger partial charge >= 0.3 is 17.9 Å². The highest BCUT2D eigenvalue weighted by atomic mass is 16.4. The van der Waals surface area contributed by atoms with E-state index in [1.165, 1.54) is 28.8 Å². The second-order valence-corrected chi connectivity index (χ2v) is 8.08. The van der Waals surface area contributed by atoms with Gasteiger partial charge in [-0.1, -0.05) is 6.92 Å². The van der Waals surface area contributed by atoms with Gasteiger partial charge in [0.05, 0.1) is 19.6 Å². The molecular formula is C20H37N5O8. The van der Waals surface area contributed by atoms with Gasteiger partial charge in [0.15, 0.2) is 5.92 Å². The van der Waals surface area contributed by atoms with Crippen molar-refractivity contribution < 1.29 is 39.3 Å². The zero-order valence-electron chi connectivity index (χ0n) is 20.1. The quantitative estimate of drug-likeness (QED) is 0.199. The molecule has 0 radical (unpaired) electrons. The van der Waals surface area contributed by atoms with Crippen LogP contribution in [0.3, 0.4) is 0 Å². The van der Waals surface area contributed by atoms with Crippen molar-refractivity contribution in [2.75, 3.05) is 87.1 Å². The van der Waals surface area contributed by atoms with Crippen molar-refractivity contribution in [3.8, 4) is 0 Å². The molecule has 2 amide bonds. The van der Waals surface area contributed by atoms with E-state index in [9.17, 15) is 39.3 Å². The van der Waals surface area contributed by atoms with Gasteiger partial charge in [-0.15, -0.1) is 0 Å². The van der Waals surface area contributed by atoms with Gasteiger partial charge in [0, 0.05) is 60.9 Å². The van der Waals surface area contributed by atoms with Gasteiger partial charge in [0.25, 0.3) is 0 Å². The Bertz CT molecular complexity index is 671. The van der Waals surface area contributed by atoms with E-state index in [4.69, 9.17) is 0 Å². The monoisotopic (exact) mass is 475 g/mol. The maximum Gasteiger partial charge on any atom is 0.319 e. The summed E-state index contributed by atoms with van der Waals surface area (Å²) >= 11 is 0. The van der Waals surface area contributed by atoms with Crippen LogP contribution in [0.2, 0.25) is 0 Å². The first-order valence-electron chi connectivity index (χ1n) is 10.5. The van der Waals surface area contributed by atoms with Gasteiger partial charge in [0.1, 0.15) is 0 Å². The third kappa shape index (κ3) is 12.7. The fourth-order valence-corrected chi connectivity index (χ4v) is 2.80. The molecule has 33 heavy (non-hydrogen) atoms. The first-order chi connectivity index (χ1) is 15.3. The summed E-state index contributed by atoms with van der Waals surface area (Å²) in [5.41, 5.74) is 0. The van der Waals surface area contributed by atoms with Crippen LogP contribution >= 0.6 is 0 Å². The minimum atomic E-state index is -1.72. The molecule has 0 aliphatic heterocycles. The summed E-state index contributed by atoms with van der Waals surface area (Å²) in [4.78, 5) is 65.7. The lowest BCUT2D eigenvalue weighted by Crippen LogP contribution is -2.47. The Morgan fingerprint density at radius 1 is 0.636 bits per heavy atom. The van der Waals surface area contributed by atoms with Crippen molar-refractivity contribution in [1.29, 1.82) is 0 Å². The Hall–Kier alpha value is -2.77. The van der Waals surface area contributed by atoms with Gasteiger partial charge in [-0.2, -0.15) is 0 Å². The normalized spacial score (nSPS) is 11.3. The maximum absolute atomic E-state index is 12.1. The van der Waals surface area contributed by atoms with E-state index < -0.39 is 30.4 Å². The van der Waals surface area contributed by atoms with Crippen LogP contribution in [-0.2, 0) is 24.0 Å². The fraction of sp³-hybridized carbons (Fsp3) is 0.750. The molecule has 0 aromatic carbocycles. The first-order valence-corrected chi connectivity index (χ1v) is 10.5. The molecule has 0 saturated carbocycles. The van der Waals surface area contributed by atoms with Crippen molar-refractivity contribution in [1.82, 2.24) is 24.5 Å². The van der Waals surface area contributed by atoms with E-state index in [1.54, 1.807) is 19.0 Å². The van der Waals surface area contributed by atoms with Crippen LogP contribution in [0.5, 0.6) is 0 Å². The maximum atomic E-state index is 12.1. The number of hydrogen-bond donors (Lipinski definition) is 3. The second-order valence-electron chi connectivity index (χ2n) is 8.08. The lowest BCUT2D eigenvalue weighted by Gasteiger charge is -2.30. The Morgan fingerprint density at radius 3 is 1.39 bits per heavy atom. The van der Waals surface area contributed by atoms with Gasteiger partial charge in [-0.3, -0.25) is 38.7 Å². The van der Waals surface area contributed by atoms with E-state index in [2.05, 4.69) is 0 Å². The summed E-state index contributed by atoms with van der Waals surface area (Å²) in [5, 5.41) is 27.6. The summed E-state index contributed by atoms with van der Waals surface area (Å²) in [6.07, 6.45) is 0. The van der Waals surface area contributed by atoms with Crippen LogP contribution in [0.4, 0.5) is 0 Å². The number of hydrogen-bond acceptors (Lipinski definition) is 8. The molecule has 190 valence electrons. The van der Waals surface area contributed by atoms with Crippen molar-refractivity contribution in [3.63, 3.8) is 0 Å². The number of nitrogens with zero attached hydrogens (tertiary/aromatic N) is 5. The Kier molecular flexibility index (Phi) is 13.9. The first kappa shape index (κ1) is 30.2. The zero-order valence-corrected chi connectivity index (χ0v) is 20.1. The standard InChI is InChI=1S/C20H37N5O8/c1-6-23(12-16(26)21(2)3)7-8-24(14-18(28)29)9-10-25(13-17(27)22(4)5)11-15(19(30)31)20(32)33/h15H,6-14H2,1-5H3,(H,28,29)(H,30,31)(H,32,33). The molecule has 3 N–H and O–H groups in total. The zero-order chi connectivity index (χ0) is 25.7. The highest BCUT2D eigenvalue weighted by Gasteiger charge is 2.29. The molecule has 0 spiro atoms. The predicted octanol–water partition coefficient (Wildman–Crippen LogP) is -2.04. The second kappa shape index (κ2) is 15.1. The minimum Gasteiger partial charge on any atom is -0.481 e. The molecule has 13 nitrogen and oxygen atoms in total. The molecule has 0 aliphatic carbocycles. The van der Waals surface area contributed by atoms with Crippen molar-refractivity contribution in [2.45, 2.75) is 6.92 Å². The third-order valence-corrected chi connectivity index (χ3v) is 5.02. The van der Waals surface area contributed by atoms with Crippen molar-refractivity contribution in [3.05, 3.63) is 0 Å². The van der Waals surface area contributed by atoms with E-state index in [1.807, 2.05) is 11.8 Å². The third-order valence-electron chi connectivity index (χ3n) is 5.02. The van der Waals surface area contributed by atoms with Gasteiger partial charge in [-0.05, 0) is 6.54 Å². The number of carbonyl (C=O) groups is 5. The van der Waals surface area contributed by atoms with Gasteiger partial charge in [0.2, 0.25) is 11.8 Å². The number of carbonyl (C=O) groups excluding carboxylic acids is 2. The molecule has 0 unspecified atom stereocenters. The van der Waals surface area contributed by atoms with Crippen LogP contribution in [0.15, 0.2) is 0 Å². The molecule has 0 rings (SSSR count). The fourth-order valence-electron chi connectivity index (χ4n) is 2.80. The summed E-state index contributed by atoms with van der Waals surface area (Å²) in [6.45, 7) is 2.75. The summed E-state index contributed by atoms with van der Waals surface area (Å²) in [6, 6.07) is 0. The van der Waals surface area contributed by atoms with Gasteiger partial charge < -0.3 is 25.1 Å². The molecule has 0 aliphatic rings. The molecule has 0 aromatic heterocycles. The topological polar surface area (TPSA) is 162 Å². The summed E-state index contributed by atoms with van der Waals surface area (Å²) in [7, 11) is 6.35. The van der Waals surface area contributed by atoms with Crippen LogP contribution in [0.25, 0.3) is 0 Å². The van der Waals surface area contributed by atoms with E-state index in [0.717, 1.165) is 0 Å². The number of carboxylic acid groups (broad SMARTS) is 3. The Labute approximate surface area is 194 Å². The van der Waals surface area contributed by atoms with Gasteiger partial charge in [-0.25, -0.2) is 0 Å². The van der Waals surface area contributed by atoms with E-state index in [-0.39, 0.29) is 44.5 Å². The average Bonchev–Trinajstić information content (AvgIpc) is 2.70. The SMILES string of the molecule is CCN(CCN(CCN(CC(=O)N(C)C)CC(C(=O)O)C(=O)O)CC(=O)O)CC(=O)N(C)C. The van der Waals surface area contributed by atoms with E-state index >= 15 is 0 Å². The van der Waals surface area contributed by atoms with Crippen molar-refractivity contribution >= 4 is 29.7 Å².